The molecule has 0 fully saturated rings. The molecular weight excluding hydrogens is 238 g/mol. The van der Waals surface area contributed by atoms with Crippen molar-refractivity contribution in [2.75, 3.05) is 18.5 Å². The predicted molar refractivity (Wildman–Crippen MR) is 78.3 cm³/mol. The van der Waals surface area contributed by atoms with Gasteiger partial charge in [-0.15, -0.1) is 0 Å². The van der Waals surface area contributed by atoms with Crippen LogP contribution in [0.2, 0.25) is 0 Å². The SMILES string of the molecule is CCc1c(C)nc2ccccc2c1N(C)CC(N)=O. The summed E-state index contributed by atoms with van der Waals surface area (Å²) >= 11 is 0. The molecule has 0 saturated heterocycles. The molecule has 0 aliphatic heterocycles. The molecule has 1 aromatic carbocycles. The quantitative estimate of drug-likeness (QED) is 0.911. The molecule has 0 radical (unpaired) electrons. The number of hydrogen-bond donors (Lipinski definition) is 1. The van der Waals surface area contributed by atoms with E-state index in [1.165, 1.54) is 5.56 Å². The second-order valence-electron chi connectivity index (χ2n) is 4.72. The Morgan fingerprint density at radius 2 is 2.05 bits per heavy atom. The number of carbonyl (C=O) groups excluding carboxylic acids is 1. The van der Waals surface area contributed by atoms with Crippen LogP contribution >= 0.6 is 0 Å². The molecule has 2 aromatic rings. The molecule has 4 nitrogen and oxygen atoms in total. The first kappa shape index (κ1) is 13.3. The third-order valence-corrected chi connectivity index (χ3v) is 3.30. The zero-order chi connectivity index (χ0) is 14.0. The number of aryl methyl sites for hydroxylation is 1. The Morgan fingerprint density at radius 1 is 1.37 bits per heavy atom. The number of anilines is 1. The summed E-state index contributed by atoms with van der Waals surface area (Å²) in [6, 6.07) is 7.98. The van der Waals surface area contributed by atoms with Crippen LogP contribution in [0.1, 0.15) is 18.2 Å². The van der Waals surface area contributed by atoms with Crippen molar-refractivity contribution in [2.24, 2.45) is 5.73 Å². The molecule has 0 unspecified atom stereocenters. The van der Waals surface area contributed by atoms with Gasteiger partial charge in [-0.2, -0.15) is 0 Å². The van der Waals surface area contributed by atoms with Gasteiger partial charge in [0.05, 0.1) is 17.7 Å². The molecule has 0 saturated carbocycles. The molecule has 0 atom stereocenters. The number of fused-ring (bicyclic) bond motifs is 1. The molecule has 0 aliphatic carbocycles. The summed E-state index contributed by atoms with van der Waals surface area (Å²) in [4.78, 5) is 17.7. The first-order valence-corrected chi connectivity index (χ1v) is 6.42. The molecule has 1 amide bonds. The summed E-state index contributed by atoms with van der Waals surface area (Å²) in [7, 11) is 1.89. The average Bonchev–Trinajstić information content (AvgIpc) is 2.36. The van der Waals surface area contributed by atoms with Crippen molar-refractivity contribution in [2.45, 2.75) is 20.3 Å². The molecule has 0 bridgehead atoms. The van der Waals surface area contributed by atoms with Crippen LogP contribution in [0.4, 0.5) is 5.69 Å². The number of nitrogens with two attached hydrogens (primary N) is 1. The molecule has 0 aliphatic rings. The Labute approximate surface area is 113 Å². The Balaban J connectivity index is 2.70. The highest BCUT2D eigenvalue weighted by Crippen LogP contribution is 2.31. The van der Waals surface area contributed by atoms with Crippen molar-refractivity contribution >= 4 is 22.5 Å². The fourth-order valence-corrected chi connectivity index (χ4v) is 2.53. The lowest BCUT2D eigenvalue weighted by Gasteiger charge is -2.23. The fourth-order valence-electron chi connectivity index (χ4n) is 2.53. The largest absolute Gasteiger partial charge is 0.368 e. The minimum absolute atomic E-state index is 0.209. The third kappa shape index (κ3) is 2.52. The van der Waals surface area contributed by atoms with Crippen molar-refractivity contribution in [1.82, 2.24) is 4.98 Å². The number of para-hydroxylation sites is 1. The summed E-state index contributed by atoms with van der Waals surface area (Å²) < 4.78 is 0. The highest BCUT2D eigenvalue weighted by Gasteiger charge is 2.15. The number of rotatable bonds is 4. The third-order valence-electron chi connectivity index (χ3n) is 3.30. The van der Waals surface area contributed by atoms with Crippen LogP contribution in [0, 0.1) is 6.92 Å². The van der Waals surface area contributed by atoms with E-state index in [2.05, 4.69) is 11.9 Å². The van der Waals surface area contributed by atoms with Crippen molar-refractivity contribution in [3.05, 3.63) is 35.5 Å². The average molecular weight is 257 g/mol. The van der Waals surface area contributed by atoms with Crippen LogP contribution in [-0.2, 0) is 11.2 Å². The summed E-state index contributed by atoms with van der Waals surface area (Å²) in [5.74, 6) is -0.330. The molecular formula is C15H19N3O. The predicted octanol–water partition coefficient (Wildman–Crippen LogP) is 2.03. The standard InChI is InChI=1S/C15H19N3O/c1-4-11-10(2)17-13-8-6-5-7-12(13)15(11)18(3)9-14(16)19/h5-8H,4,9H2,1-3H3,(H2,16,19). The van der Waals surface area contributed by atoms with Gasteiger partial charge >= 0.3 is 0 Å². The van der Waals surface area contributed by atoms with Crippen molar-refractivity contribution in [3.63, 3.8) is 0 Å². The lowest BCUT2D eigenvalue weighted by atomic mass is 10.0. The number of pyridine rings is 1. The van der Waals surface area contributed by atoms with Gasteiger partial charge in [0.1, 0.15) is 0 Å². The van der Waals surface area contributed by atoms with Crippen LogP contribution in [-0.4, -0.2) is 24.5 Å². The van der Waals surface area contributed by atoms with E-state index in [-0.39, 0.29) is 12.5 Å². The summed E-state index contributed by atoms with van der Waals surface area (Å²) in [6.07, 6.45) is 0.877. The van der Waals surface area contributed by atoms with E-state index in [1.807, 2.05) is 43.1 Å². The highest BCUT2D eigenvalue weighted by molar-refractivity contribution is 5.95. The van der Waals surface area contributed by atoms with Crippen LogP contribution in [0.15, 0.2) is 24.3 Å². The number of primary amides is 1. The maximum Gasteiger partial charge on any atom is 0.236 e. The lowest BCUT2D eigenvalue weighted by Crippen LogP contribution is -2.31. The summed E-state index contributed by atoms with van der Waals surface area (Å²) in [6.45, 7) is 4.31. The highest BCUT2D eigenvalue weighted by atomic mass is 16.1. The normalized spacial score (nSPS) is 10.7. The smallest absolute Gasteiger partial charge is 0.236 e. The van der Waals surface area contributed by atoms with E-state index < -0.39 is 0 Å². The van der Waals surface area contributed by atoms with Crippen LogP contribution < -0.4 is 10.6 Å². The van der Waals surface area contributed by atoms with Crippen molar-refractivity contribution in [1.29, 1.82) is 0 Å². The number of amides is 1. The van der Waals surface area contributed by atoms with Gasteiger partial charge in [-0.1, -0.05) is 25.1 Å². The Bertz CT molecular complexity index is 622. The van der Waals surface area contributed by atoms with Crippen molar-refractivity contribution < 1.29 is 4.79 Å². The van der Waals surface area contributed by atoms with Gasteiger partial charge in [-0.25, -0.2) is 0 Å². The van der Waals surface area contributed by atoms with E-state index in [0.717, 1.165) is 28.7 Å². The van der Waals surface area contributed by atoms with Gasteiger partial charge in [0.25, 0.3) is 0 Å². The minimum atomic E-state index is -0.330. The second kappa shape index (κ2) is 5.26. The number of carbonyl (C=O) groups is 1. The molecule has 0 spiro atoms. The number of hydrogen-bond acceptors (Lipinski definition) is 3. The fraction of sp³-hybridized carbons (Fsp3) is 0.333. The zero-order valence-corrected chi connectivity index (χ0v) is 11.6. The molecule has 1 heterocycles. The van der Waals surface area contributed by atoms with Gasteiger partial charge in [-0.3, -0.25) is 9.78 Å². The first-order valence-electron chi connectivity index (χ1n) is 6.42. The molecule has 2 N–H and O–H groups in total. The van der Waals surface area contributed by atoms with Crippen LogP contribution in [0.25, 0.3) is 10.9 Å². The van der Waals surface area contributed by atoms with Gasteiger partial charge in [-0.05, 0) is 25.0 Å². The summed E-state index contributed by atoms with van der Waals surface area (Å²) in [5.41, 5.74) is 9.49. The zero-order valence-electron chi connectivity index (χ0n) is 11.6. The monoisotopic (exact) mass is 257 g/mol. The van der Waals surface area contributed by atoms with E-state index in [1.54, 1.807) is 0 Å². The Kier molecular flexibility index (Phi) is 3.69. The van der Waals surface area contributed by atoms with Crippen LogP contribution in [0.5, 0.6) is 0 Å². The Morgan fingerprint density at radius 3 is 2.68 bits per heavy atom. The maximum atomic E-state index is 11.2. The van der Waals surface area contributed by atoms with E-state index in [0.29, 0.717) is 0 Å². The summed E-state index contributed by atoms with van der Waals surface area (Å²) in [5, 5.41) is 1.06. The molecule has 4 heteroatoms. The van der Waals surface area contributed by atoms with Gasteiger partial charge < -0.3 is 10.6 Å². The number of likely N-dealkylation sites (N-methyl/N-ethyl adjacent to an activating group) is 1. The maximum absolute atomic E-state index is 11.2. The molecule has 100 valence electrons. The number of aromatic nitrogens is 1. The van der Waals surface area contributed by atoms with E-state index in [4.69, 9.17) is 5.73 Å². The number of benzene rings is 1. The van der Waals surface area contributed by atoms with E-state index in [9.17, 15) is 4.79 Å². The first-order chi connectivity index (χ1) is 9.04. The second-order valence-corrected chi connectivity index (χ2v) is 4.72. The minimum Gasteiger partial charge on any atom is -0.368 e. The Hall–Kier alpha value is -2.10. The van der Waals surface area contributed by atoms with Gasteiger partial charge in [0, 0.05) is 18.1 Å². The molecule has 2 rings (SSSR count). The molecule has 1 aromatic heterocycles. The van der Waals surface area contributed by atoms with Gasteiger partial charge in [0.2, 0.25) is 5.91 Å². The van der Waals surface area contributed by atoms with Crippen LogP contribution in [0.3, 0.4) is 0 Å². The topological polar surface area (TPSA) is 59.2 Å². The lowest BCUT2D eigenvalue weighted by molar-refractivity contribution is -0.116. The number of nitrogens with zero attached hydrogens (tertiary/aromatic N) is 2. The van der Waals surface area contributed by atoms with E-state index >= 15 is 0 Å². The van der Waals surface area contributed by atoms with Gasteiger partial charge in [0.15, 0.2) is 0 Å². The molecule has 19 heavy (non-hydrogen) atoms. The van der Waals surface area contributed by atoms with Crippen molar-refractivity contribution in [3.8, 4) is 0 Å².